The fourth-order valence-corrected chi connectivity index (χ4v) is 4.73. The van der Waals surface area contributed by atoms with Gasteiger partial charge in [0, 0.05) is 0 Å². The second-order valence-corrected chi connectivity index (χ2v) is 8.34. The maximum atomic E-state index is 12.8. The number of benzene rings is 1. The summed E-state index contributed by atoms with van der Waals surface area (Å²) in [5, 5.41) is 0. The molecule has 0 heterocycles. The van der Waals surface area contributed by atoms with E-state index in [0.29, 0.717) is 24.6 Å². The van der Waals surface area contributed by atoms with E-state index in [1.54, 1.807) is 0 Å². The normalized spacial score (nSPS) is 12.8. The van der Waals surface area contributed by atoms with Crippen LogP contribution >= 0.6 is 0 Å². The molecule has 1 aromatic rings. The van der Waals surface area contributed by atoms with Crippen LogP contribution in [0.1, 0.15) is 15.9 Å². The number of hydrogen-bond donors (Lipinski definition) is 0. The molecular formula is C11H12F3NO6S2. The van der Waals surface area contributed by atoms with Crippen LogP contribution < -0.4 is 3.71 Å². The van der Waals surface area contributed by atoms with Gasteiger partial charge >= 0.3 is 12.1 Å². The van der Waals surface area contributed by atoms with Gasteiger partial charge in [0.1, 0.15) is 0 Å². The SMILES string of the molecule is COC(=O)c1ccc(C(F)(F)F)cc1N(S(C)(=O)=O)S(C)(=O)=O. The molecule has 0 amide bonds. The monoisotopic (exact) mass is 375 g/mol. The Morgan fingerprint density at radius 1 is 1.09 bits per heavy atom. The van der Waals surface area contributed by atoms with Crippen molar-refractivity contribution in [2.75, 3.05) is 23.3 Å². The number of alkyl halides is 3. The van der Waals surface area contributed by atoms with Gasteiger partial charge in [-0.1, -0.05) is 0 Å². The van der Waals surface area contributed by atoms with E-state index >= 15 is 0 Å². The van der Waals surface area contributed by atoms with Crippen LogP contribution in [-0.4, -0.2) is 42.4 Å². The van der Waals surface area contributed by atoms with Crippen LogP contribution in [0.2, 0.25) is 0 Å². The fourth-order valence-electron chi connectivity index (χ4n) is 1.74. The summed E-state index contributed by atoms with van der Waals surface area (Å²) in [6.45, 7) is 0. The molecule has 7 nitrogen and oxygen atoms in total. The van der Waals surface area contributed by atoms with Gasteiger partial charge in [-0.05, 0) is 18.2 Å². The highest BCUT2D eigenvalue weighted by molar-refractivity contribution is 8.09. The highest BCUT2D eigenvalue weighted by atomic mass is 32.3. The predicted octanol–water partition coefficient (Wildman–Crippen LogP) is 1.22. The maximum Gasteiger partial charge on any atom is 0.416 e. The molecule has 0 saturated heterocycles. The highest BCUT2D eigenvalue weighted by Crippen LogP contribution is 2.35. The Morgan fingerprint density at radius 2 is 1.57 bits per heavy atom. The molecule has 0 spiro atoms. The van der Waals surface area contributed by atoms with Gasteiger partial charge in [-0.2, -0.15) is 16.9 Å². The number of esters is 1. The number of halogens is 3. The second-order valence-electron chi connectivity index (χ2n) is 4.44. The van der Waals surface area contributed by atoms with E-state index in [2.05, 4.69) is 4.74 Å². The quantitative estimate of drug-likeness (QED) is 0.734. The van der Waals surface area contributed by atoms with Crippen molar-refractivity contribution in [3.8, 4) is 0 Å². The number of carbonyl (C=O) groups excluding carboxylic acids is 1. The molecule has 0 radical (unpaired) electrons. The Kier molecular flexibility index (Phi) is 5.01. The number of sulfonamides is 2. The highest BCUT2D eigenvalue weighted by Gasteiger charge is 2.36. The number of hydrogen-bond acceptors (Lipinski definition) is 6. The largest absolute Gasteiger partial charge is 0.465 e. The van der Waals surface area contributed by atoms with Gasteiger partial charge in [0.05, 0.1) is 36.4 Å². The summed E-state index contributed by atoms with van der Waals surface area (Å²) in [6.07, 6.45) is -3.91. The molecule has 0 atom stereocenters. The molecule has 0 aliphatic rings. The molecule has 0 unspecified atom stereocenters. The standard InChI is InChI=1S/C11H12F3NO6S2/c1-21-10(16)8-5-4-7(11(12,13)14)6-9(8)15(22(2,17)18)23(3,19)20/h4-6H,1-3H3. The molecule has 130 valence electrons. The van der Waals surface area contributed by atoms with Gasteiger partial charge in [0.25, 0.3) is 0 Å². The van der Waals surface area contributed by atoms with Gasteiger partial charge in [0.15, 0.2) is 0 Å². The third kappa shape index (κ3) is 4.34. The average Bonchev–Trinajstić information content (AvgIpc) is 2.33. The van der Waals surface area contributed by atoms with E-state index < -0.39 is 49.0 Å². The molecule has 0 saturated carbocycles. The summed E-state index contributed by atoms with van der Waals surface area (Å²) in [6, 6.07) is 1.42. The molecule has 0 bridgehead atoms. The minimum absolute atomic E-state index is 0.249. The zero-order valence-electron chi connectivity index (χ0n) is 12.1. The Hall–Kier alpha value is -1.82. The predicted molar refractivity (Wildman–Crippen MR) is 75.0 cm³/mol. The molecule has 0 N–H and O–H groups in total. The number of rotatable bonds is 4. The Bertz CT molecular complexity index is 798. The lowest BCUT2D eigenvalue weighted by Crippen LogP contribution is -2.36. The van der Waals surface area contributed by atoms with Gasteiger partial charge < -0.3 is 4.74 Å². The number of carbonyl (C=O) groups is 1. The minimum Gasteiger partial charge on any atom is -0.465 e. The Labute approximate surface area is 130 Å². The second kappa shape index (κ2) is 6.00. The third-order valence-corrected chi connectivity index (χ3v) is 5.75. The van der Waals surface area contributed by atoms with E-state index in [1.165, 1.54) is 0 Å². The van der Waals surface area contributed by atoms with Crippen molar-refractivity contribution in [3.63, 3.8) is 0 Å². The van der Waals surface area contributed by atoms with Gasteiger partial charge in [0.2, 0.25) is 20.0 Å². The van der Waals surface area contributed by atoms with Crippen LogP contribution in [-0.2, 0) is 31.0 Å². The molecule has 1 rings (SSSR count). The van der Waals surface area contributed by atoms with Crippen molar-refractivity contribution in [1.29, 1.82) is 0 Å². The molecule has 12 heteroatoms. The van der Waals surface area contributed by atoms with Crippen LogP contribution in [0.15, 0.2) is 18.2 Å². The van der Waals surface area contributed by atoms with Crippen molar-refractivity contribution in [3.05, 3.63) is 29.3 Å². The Morgan fingerprint density at radius 3 is 1.91 bits per heavy atom. The van der Waals surface area contributed by atoms with Crippen LogP contribution in [0.5, 0.6) is 0 Å². The molecule has 0 aliphatic carbocycles. The van der Waals surface area contributed by atoms with Gasteiger partial charge in [-0.25, -0.2) is 21.6 Å². The van der Waals surface area contributed by atoms with Gasteiger partial charge in [-0.15, -0.1) is 0 Å². The zero-order chi connectivity index (χ0) is 18.2. The summed E-state index contributed by atoms with van der Waals surface area (Å²) in [4.78, 5) is 11.6. The van der Waals surface area contributed by atoms with Crippen molar-refractivity contribution in [2.24, 2.45) is 0 Å². The third-order valence-electron chi connectivity index (χ3n) is 2.53. The summed E-state index contributed by atoms with van der Waals surface area (Å²) in [5.41, 5.74) is -2.93. The molecular weight excluding hydrogens is 363 g/mol. The van der Waals surface area contributed by atoms with Crippen molar-refractivity contribution < 1.29 is 39.5 Å². The minimum atomic E-state index is -4.87. The molecule has 1 aromatic carbocycles. The number of nitrogens with zero attached hydrogens (tertiary/aromatic N) is 1. The first-order valence-corrected chi connectivity index (χ1v) is 9.39. The lowest BCUT2D eigenvalue weighted by molar-refractivity contribution is -0.137. The summed E-state index contributed by atoms with van der Waals surface area (Å²) in [7, 11) is -8.15. The lowest BCUT2D eigenvalue weighted by Gasteiger charge is -2.23. The van der Waals surface area contributed by atoms with E-state index in [1.807, 2.05) is 0 Å². The van der Waals surface area contributed by atoms with Crippen LogP contribution in [0.4, 0.5) is 18.9 Å². The van der Waals surface area contributed by atoms with E-state index in [9.17, 15) is 34.8 Å². The van der Waals surface area contributed by atoms with Crippen molar-refractivity contribution in [1.82, 2.24) is 0 Å². The van der Waals surface area contributed by atoms with Crippen LogP contribution in [0.25, 0.3) is 0 Å². The smallest absolute Gasteiger partial charge is 0.416 e. The van der Waals surface area contributed by atoms with Crippen LogP contribution in [0, 0.1) is 0 Å². The Balaban J connectivity index is 3.86. The number of methoxy groups -OCH3 is 1. The molecule has 23 heavy (non-hydrogen) atoms. The molecule has 0 aliphatic heterocycles. The first-order chi connectivity index (χ1) is 10.2. The summed E-state index contributed by atoms with van der Waals surface area (Å²) in [5.74, 6) is -1.19. The van der Waals surface area contributed by atoms with E-state index in [4.69, 9.17) is 0 Å². The van der Waals surface area contributed by atoms with Crippen LogP contribution in [0.3, 0.4) is 0 Å². The van der Waals surface area contributed by atoms with Crippen molar-refractivity contribution in [2.45, 2.75) is 6.18 Å². The van der Waals surface area contributed by atoms with Crippen molar-refractivity contribution >= 4 is 31.7 Å². The summed E-state index contributed by atoms with van der Waals surface area (Å²) < 4.78 is 89.4. The van der Waals surface area contributed by atoms with E-state index in [0.717, 1.165) is 7.11 Å². The topological polar surface area (TPSA) is 97.8 Å². The zero-order valence-corrected chi connectivity index (χ0v) is 13.7. The fraction of sp³-hybridized carbons (Fsp3) is 0.364. The number of ether oxygens (including phenoxy) is 1. The molecule has 0 aromatic heterocycles. The number of anilines is 1. The summed E-state index contributed by atoms with van der Waals surface area (Å²) >= 11 is 0. The first-order valence-electron chi connectivity index (χ1n) is 5.69. The van der Waals surface area contributed by atoms with Gasteiger partial charge in [-0.3, -0.25) is 0 Å². The lowest BCUT2D eigenvalue weighted by atomic mass is 10.1. The molecule has 0 fully saturated rings. The average molecular weight is 375 g/mol. The van der Waals surface area contributed by atoms with E-state index in [-0.39, 0.29) is 9.78 Å². The maximum absolute atomic E-state index is 12.8. The first kappa shape index (κ1) is 19.2.